The normalized spacial score (nSPS) is 10.7. The van der Waals surface area contributed by atoms with E-state index in [4.69, 9.17) is 4.74 Å². The molecule has 5 nitrogen and oxygen atoms in total. The number of carbonyl (C=O) groups is 1. The van der Waals surface area contributed by atoms with Crippen LogP contribution in [0.1, 0.15) is 16.7 Å². The molecule has 140 valence electrons. The van der Waals surface area contributed by atoms with Crippen molar-refractivity contribution in [1.29, 1.82) is 0 Å². The van der Waals surface area contributed by atoms with Gasteiger partial charge in [0.2, 0.25) is 5.91 Å². The number of rotatable bonds is 6. The summed E-state index contributed by atoms with van der Waals surface area (Å²) >= 11 is 1.39. The van der Waals surface area contributed by atoms with Crippen molar-refractivity contribution in [3.63, 3.8) is 0 Å². The minimum absolute atomic E-state index is 0.0595. The molecule has 1 N–H and O–H groups in total. The average molecular weight is 382 g/mol. The zero-order valence-electron chi connectivity index (χ0n) is 15.9. The first-order valence-corrected chi connectivity index (χ1v) is 9.64. The van der Waals surface area contributed by atoms with Gasteiger partial charge in [0.25, 0.3) is 0 Å². The van der Waals surface area contributed by atoms with E-state index in [0.717, 1.165) is 39.0 Å². The van der Waals surface area contributed by atoms with Crippen LogP contribution in [-0.2, 0) is 4.79 Å². The number of hydrogen-bond donors (Lipinski definition) is 1. The second-order valence-corrected chi connectivity index (χ2v) is 7.41. The molecule has 0 fully saturated rings. The molecule has 1 amide bonds. The highest BCUT2D eigenvalue weighted by atomic mass is 32.2. The monoisotopic (exact) mass is 381 g/mol. The molecule has 0 aliphatic rings. The SMILES string of the molecule is COc1ccc(C)cc1-n1ccnc1SCC(=O)Nc1cc(C)cc(C)c1. The van der Waals surface area contributed by atoms with Gasteiger partial charge in [0.1, 0.15) is 5.75 Å². The summed E-state index contributed by atoms with van der Waals surface area (Å²) in [5.74, 6) is 0.980. The highest BCUT2D eigenvalue weighted by Crippen LogP contribution is 2.28. The number of aromatic nitrogens is 2. The van der Waals surface area contributed by atoms with E-state index in [-0.39, 0.29) is 11.7 Å². The van der Waals surface area contributed by atoms with Gasteiger partial charge in [-0.25, -0.2) is 4.98 Å². The van der Waals surface area contributed by atoms with Crippen molar-refractivity contribution in [3.05, 3.63) is 65.5 Å². The van der Waals surface area contributed by atoms with Crippen molar-refractivity contribution < 1.29 is 9.53 Å². The van der Waals surface area contributed by atoms with Crippen molar-refractivity contribution in [2.45, 2.75) is 25.9 Å². The Morgan fingerprint density at radius 2 is 1.85 bits per heavy atom. The predicted octanol–water partition coefficient (Wildman–Crippen LogP) is 4.54. The Morgan fingerprint density at radius 1 is 1.11 bits per heavy atom. The highest BCUT2D eigenvalue weighted by molar-refractivity contribution is 7.99. The van der Waals surface area contributed by atoms with Gasteiger partial charge in [-0.3, -0.25) is 9.36 Å². The van der Waals surface area contributed by atoms with Gasteiger partial charge in [0, 0.05) is 18.1 Å². The van der Waals surface area contributed by atoms with Crippen LogP contribution in [0, 0.1) is 20.8 Å². The lowest BCUT2D eigenvalue weighted by Gasteiger charge is -2.13. The third-order valence-electron chi connectivity index (χ3n) is 4.04. The highest BCUT2D eigenvalue weighted by Gasteiger charge is 2.13. The van der Waals surface area contributed by atoms with Gasteiger partial charge in [-0.15, -0.1) is 0 Å². The number of benzene rings is 2. The Hall–Kier alpha value is -2.73. The van der Waals surface area contributed by atoms with Crippen LogP contribution in [0.5, 0.6) is 5.75 Å². The van der Waals surface area contributed by atoms with E-state index in [1.807, 2.05) is 61.9 Å². The number of ether oxygens (including phenoxy) is 1. The van der Waals surface area contributed by atoms with Gasteiger partial charge in [-0.2, -0.15) is 0 Å². The Morgan fingerprint density at radius 3 is 2.56 bits per heavy atom. The number of methoxy groups -OCH3 is 1. The number of amides is 1. The van der Waals surface area contributed by atoms with Crippen LogP contribution in [0.25, 0.3) is 5.69 Å². The molecule has 3 rings (SSSR count). The lowest BCUT2D eigenvalue weighted by Crippen LogP contribution is -2.14. The zero-order chi connectivity index (χ0) is 19.4. The number of nitrogens with one attached hydrogen (secondary N) is 1. The van der Waals surface area contributed by atoms with Crippen molar-refractivity contribution in [2.75, 3.05) is 18.2 Å². The van der Waals surface area contributed by atoms with Crippen molar-refractivity contribution in [3.8, 4) is 11.4 Å². The molecule has 0 saturated heterocycles. The van der Waals surface area contributed by atoms with E-state index >= 15 is 0 Å². The van der Waals surface area contributed by atoms with E-state index < -0.39 is 0 Å². The smallest absolute Gasteiger partial charge is 0.234 e. The molecule has 0 spiro atoms. The summed E-state index contributed by atoms with van der Waals surface area (Å²) in [4.78, 5) is 16.8. The average Bonchev–Trinajstić information content (AvgIpc) is 3.07. The molecule has 0 unspecified atom stereocenters. The standard InChI is InChI=1S/C21H23N3O2S/c1-14-5-6-19(26-4)18(12-14)24-8-7-22-21(24)27-13-20(25)23-17-10-15(2)9-16(3)11-17/h5-12H,13H2,1-4H3,(H,23,25). The summed E-state index contributed by atoms with van der Waals surface area (Å²) in [5, 5.41) is 3.70. The summed E-state index contributed by atoms with van der Waals surface area (Å²) in [6.07, 6.45) is 3.60. The number of anilines is 1. The minimum Gasteiger partial charge on any atom is -0.495 e. The van der Waals surface area contributed by atoms with Gasteiger partial charge >= 0.3 is 0 Å². The molecule has 0 saturated carbocycles. The Bertz CT molecular complexity index is 946. The number of hydrogen-bond acceptors (Lipinski definition) is 4. The topological polar surface area (TPSA) is 56.2 Å². The van der Waals surface area contributed by atoms with Crippen LogP contribution >= 0.6 is 11.8 Å². The van der Waals surface area contributed by atoms with E-state index in [1.165, 1.54) is 11.8 Å². The zero-order valence-corrected chi connectivity index (χ0v) is 16.8. The number of carbonyl (C=O) groups excluding carboxylic acids is 1. The van der Waals surface area contributed by atoms with Crippen LogP contribution in [0.15, 0.2) is 53.9 Å². The fourth-order valence-electron chi connectivity index (χ4n) is 2.94. The number of nitrogens with zero attached hydrogens (tertiary/aromatic N) is 2. The van der Waals surface area contributed by atoms with Gasteiger partial charge in [-0.1, -0.05) is 23.9 Å². The second-order valence-electron chi connectivity index (χ2n) is 6.47. The lowest BCUT2D eigenvalue weighted by atomic mass is 10.1. The molecule has 6 heteroatoms. The maximum atomic E-state index is 12.4. The van der Waals surface area contributed by atoms with Crippen molar-refractivity contribution >= 4 is 23.4 Å². The van der Waals surface area contributed by atoms with E-state index in [1.54, 1.807) is 13.3 Å². The molecule has 0 aliphatic carbocycles. The van der Waals surface area contributed by atoms with Crippen LogP contribution in [-0.4, -0.2) is 28.3 Å². The molecule has 0 bridgehead atoms. The Labute approximate surface area is 163 Å². The third kappa shape index (κ3) is 4.71. The molecule has 27 heavy (non-hydrogen) atoms. The summed E-state index contributed by atoms with van der Waals surface area (Å²) in [6.45, 7) is 6.07. The molecular formula is C21H23N3O2S. The Kier molecular flexibility index (Phi) is 5.86. The molecular weight excluding hydrogens is 358 g/mol. The van der Waals surface area contributed by atoms with Gasteiger partial charge in [-0.05, 0) is 61.7 Å². The summed E-state index contributed by atoms with van der Waals surface area (Å²) < 4.78 is 7.41. The summed E-state index contributed by atoms with van der Waals surface area (Å²) in [6, 6.07) is 12.0. The van der Waals surface area contributed by atoms with Crippen LogP contribution in [0.4, 0.5) is 5.69 Å². The van der Waals surface area contributed by atoms with E-state index in [9.17, 15) is 4.79 Å². The maximum Gasteiger partial charge on any atom is 0.234 e. The number of imidazole rings is 1. The molecule has 0 aliphatic heterocycles. The quantitative estimate of drug-likeness (QED) is 0.637. The minimum atomic E-state index is -0.0595. The summed E-state index contributed by atoms with van der Waals surface area (Å²) in [5.41, 5.74) is 5.11. The molecule has 2 aromatic carbocycles. The summed E-state index contributed by atoms with van der Waals surface area (Å²) in [7, 11) is 1.65. The molecule has 0 atom stereocenters. The lowest BCUT2D eigenvalue weighted by molar-refractivity contribution is -0.113. The van der Waals surface area contributed by atoms with Gasteiger partial charge in [0.05, 0.1) is 18.6 Å². The fraction of sp³-hybridized carbons (Fsp3) is 0.238. The first-order chi connectivity index (χ1) is 13.0. The molecule has 1 aromatic heterocycles. The van der Waals surface area contributed by atoms with Crippen molar-refractivity contribution in [1.82, 2.24) is 9.55 Å². The first-order valence-electron chi connectivity index (χ1n) is 8.65. The maximum absolute atomic E-state index is 12.4. The van der Waals surface area contributed by atoms with Crippen LogP contribution in [0.2, 0.25) is 0 Å². The van der Waals surface area contributed by atoms with Crippen LogP contribution in [0.3, 0.4) is 0 Å². The van der Waals surface area contributed by atoms with E-state index in [0.29, 0.717) is 0 Å². The molecule has 0 radical (unpaired) electrons. The van der Waals surface area contributed by atoms with Gasteiger partial charge in [0.15, 0.2) is 5.16 Å². The molecule has 3 aromatic rings. The fourth-order valence-corrected chi connectivity index (χ4v) is 3.71. The third-order valence-corrected chi connectivity index (χ3v) is 5.01. The first kappa shape index (κ1) is 19.0. The van der Waals surface area contributed by atoms with E-state index in [2.05, 4.69) is 16.4 Å². The number of aryl methyl sites for hydroxylation is 3. The Balaban J connectivity index is 1.72. The van der Waals surface area contributed by atoms with Crippen molar-refractivity contribution in [2.24, 2.45) is 0 Å². The predicted molar refractivity (Wildman–Crippen MR) is 110 cm³/mol. The second kappa shape index (κ2) is 8.31. The van der Waals surface area contributed by atoms with Crippen LogP contribution < -0.4 is 10.1 Å². The number of thioether (sulfide) groups is 1. The van der Waals surface area contributed by atoms with Gasteiger partial charge < -0.3 is 10.1 Å². The molecule has 1 heterocycles. The largest absolute Gasteiger partial charge is 0.495 e.